The molecule has 1 aromatic rings. The van der Waals surface area contributed by atoms with Crippen molar-refractivity contribution < 1.29 is 0 Å². The molecule has 0 aliphatic heterocycles. The molecule has 0 fully saturated rings. The summed E-state index contributed by atoms with van der Waals surface area (Å²) in [5, 5.41) is 8.66. The Hall–Kier alpha value is -1.56. The van der Waals surface area contributed by atoms with E-state index in [4.69, 9.17) is 5.26 Å². The van der Waals surface area contributed by atoms with Gasteiger partial charge < -0.3 is 4.57 Å². The molecule has 0 aliphatic rings. The third kappa shape index (κ3) is 1.12. The Kier molecular flexibility index (Phi) is 2.01. The number of nitriles is 1. The highest BCUT2D eigenvalue weighted by Gasteiger charge is 2.04. The van der Waals surface area contributed by atoms with Crippen molar-refractivity contribution in [2.24, 2.45) is 7.05 Å². The number of aryl methyl sites for hydroxylation is 1. The van der Waals surface area contributed by atoms with Crippen molar-refractivity contribution in [3.05, 3.63) is 33.2 Å². The standard InChI is InChI=1S/C9H10N2O/c1-6-4-8(5-10)7(2)9(12)11(6)3/h4H,1-3H3. The second-order valence-corrected chi connectivity index (χ2v) is 2.80. The smallest absolute Gasteiger partial charge is 0.254 e. The molecule has 0 saturated heterocycles. The average molecular weight is 162 g/mol. The Bertz CT molecular complexity index is 410. The second kappa shape index (κ2) is 2.82. The van der Waals surface area contributed by atoms with Crippen molar-refractivity contribution in [1.82, 2.24) is 4.57 Å². The van der Waals surface area contributed by atoms with Crippen molar-refractivity contribution in [3.63, 3.8) is 0 Å². The molecular formula is C9H10N2O. The molecule has 1 aromatic heterocycles. The predicted octanol–water partition coefficient (Wildman–Crippen LogP) is 0.874. The fraction of sp³-hybridized carbons (Fsp3) is 0.333. The van der Waals surface area contributed by atoms with Gasteiger partial charge in [-0.3, -0.25) is 4.79 Å². The Morgan fingerprint density at radius 1 is 1.50 bits per heavy atom. The third-order valence-corrected chi connectivity index (χ3v) is 2.03. The summed E-state index contributed by atoms with van der Waals surface area (Å²) in [6.45, 7) is 3.47. The summed E-state index contributed by atoms with van der Waals surface area (Å²) >= 11 is 0. The van der Waals surface area contributed by atoms with E-state index in [2.05, 4.69) is 0 Å². The maximum atomic E-state index is 11.4. The molecule has 0 spiro atoms. The van der Waals surface area contributed by atoms with E-state index in [1.54, 1.807) is 20.0 Å². The van der Waals surface area contributed by atoms with Gasteiger partial charge in [0.2, 0.25) is 0 Å². The summed E-state index contributed by atoms with van der Waals surface area (Å²) < 4.78 is 1.54. The van der Waals surface area contributed by atoms with Gasteiger partial charge in [-0.15, -0.1) is 0 Å². The number of pyridine rings is 1. The van der Waals surface area contributed by atoms with Crippen LogP contribution in [0, 0.1) is 25.2 Å². The van der Waals surface area contributed by atoms with Crippen LogP contribution in [0.5, 0.6) is 0 Å². The minimum atomic E-state index is -0.0912. The molecule has 0 aromatic carbocycles. The van der Waals surface area contributed by atoms with E-state index >= 15 is 0 Å². The molecule has 0 unspecified atom stereocenters. The first-order chi connectivity index (χ1) is 5.57. The van der Waals surface area contributed by atoms with Crippen LogP contribution in [0.3, 0.4) is 0 Å². The van der Waals surface area contributed by atoms with Gasteiger partial charge in [-0.25, -0.2) is 0 Å². The Morgan fingerprint density at radius 3 is 2.58 bits per heavy atom. The first kappa shape index (κ1) is 8.54. The molecule has 0 bridgehead atoms. The van der Waals surface area contributed by atoms with Gasteiger partial charge in [0.1, 0.15) is 0 Å². The molecule has 1 heterocycles. The molecule has 0 radical (unpaired) electrons. The molecule has 0 atom stereocenters. The van der Waals surface area contributed by atoms with E-state index in [1.807, 2.05) is 13.0 Å². The minimum absolute atomic E-state index is 0.0912. The van der Waals surface area contributed by atoms with Gasteiger partial charge in [0.15, 0.2) is 0 Å². The zero-order chi connectivity index (χ0) is 9.30. The number of hydrogen-bond donors (Lipinski definition) is 0. The van der Waals surface area contributed by atoms with Gasteiger partial charge in [0.25, 0.3) is 5.56 Å². The summed E-state index contributed by atoms with van der Waals surface area (Å²) in [6, 6.07) is 3.71. The molecule has 0 amide bonds. The summed E-state index contributed by atoms with van der Waals surface area (Å²) in [7, 11) is 1.70. The molecule has 0 N–H and O–H groups in total. The number of rotatable bonds is 0. The maximum absolute atomic E-state index is 11.4. The predicted molar refractivity (Wildman–Crippen MR) is 45.9 cm³/mol. The molecule has 3 heteroatoms. The summed E-state index contributed by atoms with van der Waals surface area (Å²) in [5.74, 6) is 0. The molecule has 62 valence electrons. The largest absolute Gasteiger partial charge is 0.316 e. The molecule has 3 nitrogen and oxygen atoms in total. The molecule has 0 aliphatic carbocycles. The normalized spacial score (nSPS) is 9.50. The van der Waals surface area contributed by atoms with Crippen LogP contribution in [0.2, 0.25) is 0 Å². The second-order valence-electron chi connectivity index (χ2n) is 2.80. The lowest BCUT2D eigenvalue weighted by atomic mass is 10.1. The van der Waals surface area contributed by atoms with E-state index in [9.17, 15) is 4.79 Å². The highest BCUT2D eigenvalue weighted by Crippen LogP contribution is 2.03. The van der Waals surface area contributed by atoms with Crippen molar-refractivity contribution in [3.8, 4) is 6.07 Å². The lowest BCUT2D eigenvalue weighted by molar-refractivity contribution is 0.806. The number of aromatic nitrogens is 1. The van der Waals surface area contributed by atoms with Gasteiger partial charge in [0.05, 0.1) is 11.6 Å². The van der Waals surface area contributed by atoms with Gasteiger partial charge in [-0.05, 0) is 19.9 Å². The van der Waals surface area contributed by atoms with Gasteiger partial charge >= 0.3 is 0 Å². The van der Waals surface area contributed by atoms with Crippen molar-refractivity contribution in [1.29, 1.82) is 5.26 Å². The fourth-order valence-electron chi connectivity index (χ4n) is 1.06. The van der Waals surface area contributed by atoms with Crippen molar-refractivity contribution in [2.75, 3.05) is 0 Å². The summed E-state index contributed by atoms with van der Waals surface area (Å²) in [4.78, 5) is 11.4. The first-order valence-electron chi connectivity index (χ1n) is 3.65. The molecule has 1 rings (SSSR count). The summed E-state index contributed by atoms with van der Waals surface area (Å²) in [6.07, 6.45) is 0. The SMILES string of the molecule is Cc1c(C#N)cc(C)n(C)c1=O. The minimum Gasteiger partial charge on any atom is -0.316 e. The van der Waals surface area contributed by atoms with Crippen LogP contribution in [0.25, 0.3) is 0 Å². The Morgan fingerprint density at radius 2 is 2.08 bits per heavy atom. The van der Waals surface area contributed by atoms with Crippen LogP contribution in [-0.2, 0) is 7.05 Å². The van der Waals surface area contributed by atoms with Gasteiger partial charge in [0, 0.05) is 18.3 Å². The van der Waals surface area contributed by atoms with E-state index in [1.165, 1.54) is 4.57 Å². The van der Waals surface area contributed by atoms with Crippen LogP contribution in [0.15, 0.2) is 10.9 Å². The fourth-order valence-corrected chi connectivity index (χ4v) is 1.06. The van der Waals surface area contributed by atoms with Crippen molar-refractivity contribution in [2.45, 2.75) is 13.8 Å². The third-order valence-electron chi connectivity index (χ3n) is 2.03. The lowest BCUT2D eigenvalue weighted by Crippen LogP contribution is -2.22. The van der Waals surface area contributed by atoms with E-state index in [0.29, 0.717) is 11.1 Å². The van der Waals surface area contributed by atoms with E-state index in [0.717, 1.165) is 5.69 Å². The molecular weight excluding hydrogens is 152 g/mol. The zero-order valence-electron chi connectivity index (χ0n) is 7.38. The van der Waals surface area contributed by atoms with Crippen LogP contribution < -0.4 is 5.56 Å². The summed E-state index contributed by atoms with van der Waals surface area (Å²) in [5.41, 5.74) is 1.70. The molecule has 0 saturated carbocycles. The zero-order valence-corrected chi connectivity index (χ0v) is 7.38. The number of hydrogen-bond acceptors (Lipinski definition) is 2. The maximum Gasteiger partial charge on any atom is 0.254 e. The van der Waals surface area contributed by atoms with Crippen LogP contribution in [0.4, 0.5) is 0 Å². The quantitative estimate of drug-likeness (QED) is 0.568. The highest BCUT2D eigenvalue weighted by atomic mass is 16.1. The van der Waals surface area contributed by atoms with Gasteiger partial charge in [-0.2, -0.15) is 5.26 Å². The van der Waals surface area contributed by atoms with E-state index in [-0.39, 0.29) is 5.56 Å². The van der Waals surface area contributed by atoms with Crippen LogP contribution >= 0.6 is 0 Å². The Labute approximate surface area is 70.9 Å². The first-order valence-corrected chi connectivity index (χ1v) is 3.65. The Balaban J connectivity index is 3.64. The molecule has 12 heavy (non-hydrogen) atoms. The highest BCUT2D eigenvalue weighted by molar-refractivity contribution is 5.36. The lowest BCUT2D eigenvalue weighted by Gasteiger charge is -2.04. The average Bonchev–Trinajstić information content (AvgIpc) is 2.08. The van der Waals surface area contributed by atoms with E-state index < -0.39 is 0 Å². The van der Waals surface area contributed by atoms with Gasteiger partial charge in [-0.1, -0.05) is 0 Å². The number of nitrogens with zero attached hydrogens (tertiary/aromatic N) is 2. The monoisotopic (exact) mass is 162 g/mol. The van der Waals surface area contributed by atoms with Crippen LogP contribution in [-0.4, -0.2) is 4.57 Å². The van der Waals surface area contributed by atoms with Crippen LogP contribution in [0.1, 0.15) is 16.8 Å². The topological polar surface area (TPSA) is 45.8 Å². The van der Waals surface area contributed by atoms with Crippen molar-refractivity contribution >= 4 is 0 Å².